The molecule has 1 aliphatic rings. The van der Waals surface area contributed by atoms with Crippen LogP contribution in [0.5, 0.6) is 0 Å². The molecule has 1 unspecified atom stereocenters. The van der Waals surface area contributed by atoms with Gasteiger partial charge in [-0.3, -0.25) is 4.90 Å². The second-order valence-corrected chi connectivity index (χ2v) is 5.26. The summed E-state index contributed by atoms with van der Waals surface area (Å²) < 4.78 is 0. The van der Waals surface area contributed by atoms with Crippen molar-refractivity contribution >= 4 is 0 Å². The Hall–Kier alpha value is -1.86. The lowest BCUT2D eigenvalue weighted by atomic mass is 10.1. The normalized spacial score (nSPS) is 19.4. The van der Waals surface area contributed by atoms with E-state index < -0.39 is 0 Å². The van der Waals surface area contributed by atoms with Crippen molar-refractivity contribution in [3.63, 3.8) is 0 Å². The van der Waals surface area contributed by atoms with E-state index in [0.29, 0.717) is 6.04 Å². The van der Waals surface area contributed by atoms with Crippen molar-refractivity contribution in [1.82, 2.24) is 4.90 Å². The maximum absolute atomic E-state index is 2.53. The van der Waals surface area contributed by atoms with Crippen LogP contribution < -0.4 is 0 Å². The van der Waals surface area contributed by atoms with E-state index in [-0.39, 0.29) is 0 Å². The molecule has 0 aliphatic carbocycles. The fourth-order valence-corrected chi connectivity index (χ4v) is 2.78. The number of hydrogen-bond acceptors (Lipinski definition) is 1. The lowest BCUT2D eigenvalue weighted by Crippen LogP contribution is -2.23. The Kier molecular flexibility index (Phi) is 3.47. The summed E-state index contributed by atoms with van der Waals surface area (Å²) in [6, 6.07) is 21.9. The summed E-state index contributed by atoms with van der Waals surface area (Å²) in [7, 11) is 0. The Morgan fingerprint density at radius 3 is 2.26 bits per heavy atom. The second-order valence-electron chi connectivity index (χ2n) is 5.26. The molecule has 0 saturated heterocycles. The lowest BCUT2D eigenvalue weighted by Gasteiger charge is -2.25. The zero-order valence-corrected chi connectivity index (χ0v) is 11.3. The van der Waals surface area contributed by atoms with Crippen molar-refractivity contribution in [2.75, 3.05) is 6.54 Å². The minimum absolute atomic E-state index is 0.418. The zero-order chi connectivity index (χ0) is 13.1. The predicted molar refractivity (Wildman–Crippen MR) is 79.8 cm³/mol. The standard InChI is InChI=1S/C18H19N/c1-15-12-18(17-10-6-3-7-11-17)19(13-15)14-16-8-4-2-5-9-16/h2-12,18H,13-14H2,1H3. The first-order valence-electron chi connectivity index (χ1n) is 6.83. The van der Waals surface area contributed by atoms with Gasteiger partial charge in [0.1, 0.15) is 0 Å². The number of benzene rings is 2. The summed E-state index contributed by atoms with van der Waals surface area (Å²) in [6.45, 7) is 4.30. The molecule has 2 aromatic rings. The summed E-state index contributed by atoms with van der Waals surface area (Å²) in [5.41, 5.74) is 4.23. The van der Waals surface area contributed by atoms with Crippen LogP contribution in [0.4, 0.5) is 0 Å². The summed E-state index contributed by atoms with van der Waals surface area (Å²) in [5, 5.41) is 0. The average Bonchev–Trinajstić information content (AvgIpc) is 2.82. The quantitative estimate of drug-likeness (QED) is 0.737. The Bertz CT molecular complexity index is 557. The molecule has 0 radical (unpaired) electrons. The molecule has 0 amide bonds. The molecule has 0 saturated carbocycles. The maximum Gasteiger partial charge on any atom is 0.0541 e. The van der Waals surface area contributed by atoms with Gasteiger partial charge >= 0.3 is 0 Å². The Labute approximate surface area is 115 Å². The fourth-order valence-electron chi connectivity index (χ4n) is 2.78. The van der Waals surface area contributed by atoms with Crippen LogP contribution in [0.3, 0.4) is 0 Å². The summed E-state index contributed by atoms with van der Waals surface area (Å²) in [4.78, 5) is 2.53. The Morgan fingerprint density at radius 2 is 1.58 bits per heavy atom. The molecule has 1 heterocycles. The van der Waals surface area contributed by atoms with Crippen molar-refractivity contribution in [2.45, 2.75) is 19.5 Å². The van der Waals surface area contributed by atoms with Crippen LogP contribution in [-0.2, 0) is 6.54 Å². The molecule has 3 rings (SSSR count). The number of nitrogens with zero attached hydrogens (tertiary/aromatic N) is 1. The summed E-state index contributed by atoms with van der Waals surface area (Å²) in [6.07, 6.45) is 2.39. The average molecular weight is 249 g/mol. The molecule has 19 heavy (non-hydrogen) atoms. The Balaban J connectivity index is 1.82. The van der Waals surface area contributed by atoms with E-state index >= 15 is 0 Å². The fraction of sp³-hybridized carbons (Fsp3) is 0.222. The van der Waals surface area contributed by atoms with Crippen LogP contribution in [0.1, 0.15) is 24.1 Å². The van der Waals surface area contributed by atoms with Gasteiger partial charge in [-0.05, 0) is 18.1 Å². The molecule has 1 atom stereocenters. The van der Waals surface area contributed by atoms with Crippen molar-refractivity contribution in [3.8, 4) is 0 Å². The summed E-state index contributed by atoms with van der Waals surface area (Å²) in [5.74, 6) is 0. The van der Waals surface area contributed by atoms with Crippen LogP contribution in [0, 0.1) is 0 Å². The van der Waals surface area contributed by atoms with Crippen LogP contribution in [0.25, 0.3) is 0 Å². The van der Waals surface area contributed by atoms with E-state index in [1.807, 2.05) is 0 Å². The van der Waals surface area contributed by atoms with E-state index in [0.717, 1.165) is 13.1 Å². The molecular weight excluding hydrogens is 230 g/mol. The van der Waals surface area contributed by atoms with Crippen molar-refractivity contribution in [1.29, 1.82) is 0 Å². The molecular formula is C18H19N. The van der Waals surface area contributed by atoms with E-state index in [1.165, 1.54) is 16.7 Å². The van der Waals surface area contributed by atoms with Gasteiger partial charge < -0.3 is 0 Å². The highest BCUT2D eigenvalue weighted by atomic mass is 15.2. The first-order chi connectivity index (χ1) is 9.33. The molecule has 0 spiro atoms. The largest absolute Gasteiger partial charge is 0.285 e. The van der Waals surface area contributed by atoms with Gasteiger partial charge in [-0.15, -0.1) is 0 Å². The van der Waals surface area contributed by atoms with E-state index in [4.69, 9.17) is 0 Å². The van der Waals surface area contributed by atoms with Crippen molar-refractivity contribution in [2.24, 2.45) is 0 Å². The molecule has 1 nitrogen and oxygen atoms in total. The third kappa shape index (κ3) is 2.77. The zero-order valence-electron chi connectivity index (χ0n) is 11.3. The second kappa shape index (κ2) is 5.41. The Morgan fingerprint density at radius 1 is 0.947 bits per heavy atom. The molecule has 0 fully saturated rings. The highest BCUT2D eigenvalue weighted by Crippen LogP contribution is 2.31. The molecule has 1 aliphatic heterocycles. The highest BCUT2D eigenvalue weighted by molar-refractivity contribution is 5.29. The summed E-state index contributed by atoms with van der Waals surface area (Å²) >= 11 is 0. The smallest absolute Gasteiger partial charge is 0.0541 e. The SMILES string of the molecule is CC1=CC(c2ccccc2)N(Cc2ccccc2)C1. The van der Waals surface area contributed by atoms with Gasteiger partial charge in [0.25, 0.3) is 0 Å². The number of hydrogen-bond donors (Lipinski definition) is 0. The predicted octanol–water partition coefficient (Wildman–Crippen LogP) is 4.19. The van der Waals surface area contributed by atoms with Crippen molar-refractivity contribution < 1.29 is 0 Å². The molecule has 96 valence electrons. The van der Waals surface area contributed by atoms with Gasteiger partial charge in [0.05, 0.1) is 6.04 Å². The van der Waals surface area contributed by atoms with Gasteiger partial charge in [0, 0.05) is 13.1 Å². The van der Waals surface area contributed by atoms with E-state index in [2.05, 4.69) is 78.6 Å². The monoisotopic (exact) mass is 249 g/mol. The van der Waals surface area contributed by atoms with E-state index in [1.54, 1.807) is 0 Å². The minimum atomic E-state index is 0.418. The van der Waals surface area contributed by atoms with Gasteiger partial charge in [-0.1, -0.05) is 72.3 Å². The van der Waals surface area contributed by atoms with Gasteiger partial charge in [0.15, 0.2) is 0 Å². The van der Waals surface area contributed by atoms with Crippen molar-refractivity contribution in [3.05, 3.63) is 83.4 Å². The molecule has 0 bridgehead atoms. The van der Waals surface area contributed by atoms with Gasteiger partial charge in [-0.25, -0.2) is 0 Å². The topological polar surface area (TPSA) is 3.24 Å². The van der Waals surface area contributed by atoms with E-state index in [9.17, 15) is 0 Å². The molecule has 1 heteroatoms. The van der Waals surface area contributed by atoms with Gasteiger partial charge in [0.2, 0.25) is 0 Å². The first-order valence-corrected chi connectivity index (χ1v) is 6.83. The third-order valence-electron chi connectivity index (χ3n) is 3.66. The maximum atomic E-state index is 2.53. The highest BCUT2D eigenvalue weighted by Gasteiger charge is 2.24. The van der Waals surface area contributed by atoms with Crippen LogP contribution in [0.15, 0.2) is 72.3 Å². The molecule has 0 N–H and O–H groups in total. The van der Waals surface area contributed by atoms with Crippen LogP contribution >= 0.6 is 0 Å². The minimum Gasteiger partial charge on any atom is -0.285 e. The van der Waals surface area contributed by atoms with Crippen LogP contribution in [0.2, 0.25) is 0 Å². The molecule has 2 aromatic carbocycles. The van der Waals surface area contributed by atoms with Gasteiger partial charge in [-0.2, -0.15) is 0 Å². The lowest BCUT2D eigenvalue weighted by molar-refractivity contribution is 0.264. The third-order valence-corrected chi connectivity index (χ3v) is 3.66. The van der Waals surface area contributed by atoms with Crippen LogP contribution in [-0.4, -0.2) is 11.4 Å². The number of rotatable bonds is 3. The molecule has 0 aromatic heterocycles. The first kappa shape index (κ1) is 12.2.